The lowest BCUT2D eigenvalue weighted by Crippen LogP contribution is -2.48. The maximum Gasteiger partial charge on any atom is 0.175 e. The van der Waals surface area contributed by atoms with Crippen molar-refractivity contribution in [2.45, 2.75) is 53.6 Å². The van der Waals surface area contributed by atoms with Crippen molar-refractivity contribution in [2.75, 3.05) is 0 Å². The fraction of sp³-hybridized carbons (Fsp3) is 0.714. The zero-order valence-corrected chi connectivity index (χ0v) is 11.4. The number of ketones is 2. The molecule has 0 aromatic rings. The minimum absolute atomic E-state index is 0.0496. The predicted molar refractivity (Wildman–Crippen MR) is 64.4 cm³/mol. The van der Waals surface area contributed by atoms with Crippen LogP contribution in [0.4, 0.5) is 0 Å². The number of Topliss-reactive ketones (excluding diaryl/α,β-unsaturated/α-hetero) is 2. The molecule has 0 radical (unpaired) electrons. The van der Waals surface area contributed by atoms with Gasteiger partial charge in [-0.3, -0.25) is 9.59 Å². The Morgan fingerprint density at radius 1 is 0.941 bits per heavy atom. The maximum absolute atomic E-state index is 12.4. The number of hydrogen-bond acceptors (Lipinski definition) is 3. The summed E-state index contributed by atoms with van der Waals surface area (Å²) >= 11 is 0. The molecule has 0 aromatic carbocycles. The van der Waals surface area contributed by atoms with Crippen LogP contribution in [0.25, 0.3) is 0 Å². The van der Waals surface area contributed by atoms with Crippen LogP contribution in [0.5, 0.6) is 0 Å². The third-order valence-electron chi connectivity index (χ3n) is 3.80. The Bertz CT molecular complexity index is 450. The molecule has 0 amide bonds. The number of ether oxygens (including phenoxy) is 1. The molecule has 94 valence electrons. The molecular formula is C14H20O3. The van der Waals surface area contributed by atoms with E-state index in [0.29, 0.717) is 17.8 Å². The summed E-state index contributed by atoms with van der Waals surface area (Å²) in [7, 11) is 0. The monoisotopic (exact) mass is 236 g/mol. The maximum atomic E-state index is 12.4. The van der Waals surface area contributed by atoms with Crippen LogP contribution in [-0.2, 0) is 14.3 Å². The summed E-state index contributed by atoms with van der Waals surface area (Å²) in [6.07, 6.45) is 0.599. The van der Waals surface area contributed by atoms with Crippen molar-refractivity contribution in [3.63, 3.8) is 0 Å². The molecule has 3 heteroatoms. The van der Waals surface area contributed by atoms with E-state index in [9.17, 15) is 9.59 Å². The van der Waals surface area contributed by atoms with Crippen LogP contribution < -0.4 is 0 Å². The molecule has 0 N–H and O–H groups in total. The minimum atomic E-state index is -0.924. The summed E-state index contributed by atoms with van der Waals surface area (Å²) in [5.74, 6) is 0.477. The van der Waals surface area contributed by atoms with Crippen molar-refractivity contribution in [2.24, 2.45) is 10.8 Å². The number of rotatable bonds is 0. The van der Waals surface area contributed by atoms with Gasteiger partial charge in [0.1, 0.15) is 11.4 Å². The smallest absolute Gasteiger partial charge is 0.175 e. The van der Waals surface area contributed by atoms with Crippen LogP contribution in [0.1, 0.15) is 48.0 Å². The summed E-state index contributed by atoms with van der Waals surface area (Å²) in [6.45, 7) is 11.0. The quantitative estimate of drug-likeness (QED) is 0.607. The summed E-state index contributed by atoms with van der Waals surface area (Å²) in [5.41, 5.74) is -1.28. The molecule has 0 bridgehead atoms. The Morgan fingerprint density at radius 3 is 2.00 bits per heavy atom. The van der Waals surface area contributed by atoms with E-state index in [4.69, 9.17) is 4.74 Å². The van der Waals surface area contributed by atoms with E-state index >= 15 is 0 Å². The van der Waals surface area contributed by atoms with Crippen molar-refractivity contribution in [1.82, 2.24) is 0 Å². The molecule has 2 rings (SSSR count). The van der Waals surface area contributed by atoms with E-state index in [1.807, 2.05) is 27.7 Å². The zero-order chi connectivity index (χ0) is 13.2. The van der Waals surface area contributed by atoms with Gasteiger partial charge in [0.05, 0.1) is 10.8 Å². The molecule has 1 aliphatic heterocycles. The van der Waals surface area contributed by atoms with Gasteiger partial charge in [-0.25, -0.2) is 0 Å². The van der Waals surface area contributed by atoms with E-state index in [0.717, 1.165) is 0 Å². The average molecular weight is 236 g/mol. The molecular weight excluding hydrogens is 216 g/mol. The van der Waals surface area contributed by atoms with Crippen molar-refractivity contribution in [3.05, 3.63) is 11.3 Å². The van der Waals surface area contributed by atoms with E-state index in [1.54, 1.807) is 13.8 Å². The second kappa shape index (κ2) is 3.01. The minimum Gasteiger partial charge on any atom is -0.490 e. The normalized spacial score (nSPS) is 29.1. The standard InChI is InChI=1S/C14H20O3/c1-12(2)7-8-9(15)13(3,4)11(16)14(5,6)10(8)17-12/h7H2,1-6H3. The Morgan fingerprint density at radius 2 is 1.47 bits per heavy atom. The van der Waals surface area contributed by atoms with Gasteiger partial charge in [0, 0.05) is 12.0 Å². The first-order valence-electron chi connectivity index (χ1n) is 6.02. The van der Waals surface area contributed by atoms with Gasteiger partial charge in [-0.05, 0) is 41.5 Å². The molecule has 3 nitrogen and oxygen atoms in total. The molecule has 0 atom stereocenters. The predicted octanol–water partition coefficient (Wildman–Crippen LogP) is 2.64. The number of carbonyl (C=O) groups is 2. The van der Waals surface area contributed by atoms with Gasteiger partial charge in [0.15, 0.2) is 11.6 Å². The van der Waals surface area contributed by atoms with Crippen molar-refractivity contribution >= 4 is 11.6 Å². The third-order valence-corrected chi connectivity index (χ3v) is 3.80. The summed E-state index contributed by atoms with van der Waals surface area (Å²) in [4.78, 5) is 24.8. The van der Waals surface area contributed by atoms with Crippen LogP contribution in [0, 0.1) is 10.8 Å². The molecule has 1 aliphatic carbocycles. The van der Waals surface area contributed by atoms with Gasteiger partial charge in [0.2, 0.25) is 0 Å². The van der Waals surface area contributed by atoms with Crippen LogP contribution in [0.2, 0.25) is 0 Å². The van der Waals surface area contributed by atoms with E-state index in [1.165, 1.54) is 0 Å². The molecule has 0 spiro atoms. The van der Waals surface area contributed by atoms with Crippen LogP contribution in [0.3, 0.4) is 0 Å². The van der Waals surface area contributed by atoms with Crippen molar-refractivity contribution in [1.29, 1.82) is 0 Å². The highest BCUT2D eigenvalue weighted by atomic mass is 16.5. The average Bonchev–Trinajstić information content (AvgIpc) is 2.51. The van der Waals surface area contributed by atoms with Crippen molar-refractivity contribution in [3.8, 4) is 0 Å². The molecule has 0 fully saturated rings. The van der Waals surface area contributed by atoms with E-state index < -0.39 is 10.8 Å². The Balaban J connectivity index is 2.61. The fourth-order valence-corrected chi connectivity index (χ4v) is 2.93. The summed E-state index contributed by atoms with van der Waals surface area (Å²) in [5, 5.41) is 0. The van der Waals surface area contributed by atoms with Crippen molar-refractivity contribution < 1.29 is 14.3 Å². The first-order valence-corrected chi connectivity index (χ1v) is 6.02. The zero-order valence-electron chi connectivity index (χ0n) is 11.4. The molecule has 17 heavy (non-hydrogen) atoms. The van der Waals surface area contributed by atoms with E-state index in [-0.39, 0.29) is 17.2 Å². The fourth-order valence-electron chi connectivity index (χ4n) is 2.93. The van der Waals surface area contributed by atoms with Gasteiger partial charge < -0.3 is 4.74 Å². The lowest BCUT2D eigenvalue weighted by atomic mass is 9.63. The topological polar surface area (TPSA) is 43.4 Å². The third kappa shape index (κ3) is 1.48. The van der Waals surface area contributed by atoms with Gasteiger partial charge in [0.25, 0.3) is 0 Å². The van der Waals surface area contributed by atoms with Crippen LogP contribution in [-0.4, -0.2) is 17.2 Å². The van der Waals surface area contributed by atoms with E-state index in [2.05, 4.69) is 0 Å². The largest absolute Gasteiger partial charge is 0.490 e. The Labute approximate surface area is 102 Å². The molecule has 0 unspecified atom stereocenters. The second-order valence-electron chi connectivity index (χ2n) is 6.75. The number of carbonyl (C=O) groups excluding carboxylic acids is 2. The molecule has 0 saturated carbocycles. The highest BCUT2D eigenvalue weighted by Crippen LogP contribution is 2.51. The SMILES string of the molecule is CC1(C)CC2=C(O1)C(C)(C)C(=O)C(C)(C)C2=O. The number of allylic oxidation sites excluding steroid dienone is 1. The second-order valence-corrected chi connectivity index (χ2v) is 6.75. The Hall–Kier alpha value is -1.12. The lowest BCUT2D eigenvalue weighted by Gasteiger charge is -2.37. The summed E-state index contributed by atoms with van der Waals surface area (Å²) in [6, 6.07) is 0. The van der Waals surface area contributed by atoms with Gasteiger partial charge in [-0.15, -0.1) is 0 Å². The van der Waals surface area contributed by atoms with Crippen LogP contribution >= 0.6 is 0 Å². The van der Waals surface area contributed by atoms with Gasteiger partial charge in [-0.2, -0.15) is 0 Å². The summed E-state index contributed by atoms with van der Waals surface area (Å²) < 4.78 is 5.84. The van der Waals surface area contributed by atoms with Crippen LogP contribution in [0.15, 0.2) is 11.3 Å². The molecule has 1 heterocycles. The highest BCUT2D eigenvalue weighted by molar-refractivity contribution is 6.19. The highest BCUT2D eigenvalue weighted by Gasteiger charge is 2.57. The first kappa shape index (κ1) is 12.3. The first-order chi connectivity index (χ1) is 7.50. The Kier molecular flexibility index (Phi) is 2.18. The van der Waals surface area contributed by atoms with Gasteiger partial charge >= 0.3 is 0 Å². The number of hydrogen-bond donors (Lipinski definition) is 0. The lowest BCUT2D eigenvalue weighted by molar-refractivity contribution is -0.144. The molecule has 0 saturated heterocycles. The molecule has 0 aromatic heterocycles. The molecule has 2 aliphatic rings. The van der Waals surface area contributed by atoms with Gasteiger partial charge in [-0.1, -0.05) is 0 Å².